The molecule has 1 saturated heterocycles. The average molecular weight is 423 g/mol. The molecular weight excluding hydrogens is 404 g/mol. The number of aromatic nitrogens is 1. The lowest BCUT2D eigenvalue weighted by Gasteiger charge is -2.29. The van der Waals surface area contributed by atoms with E-state index in [1.807, 2.05) is 12.1 Å². The van der Waals surface area contributed by atoms with Gasteiger partial charge in [-0.3, -0.25) is 4.79 Å². The van der Waals surface area contributed by atoms with E-state index < -0.39 is 26.6 Å². The first-order valence-corrected chi connectivity index (χ1v) is 10.2. The van der Waals surface area contributed by atoms with Crippen molar-refractivity contribution < 1.29 is 27.1 Å². The number of halogens is 2. The Labute approximate surface area is 166 Å². The van der Waals surface area contributed by atoms with Crippen LogP contribution in [0.4, 0.5) is 14.5 Å². The van der Waals surface area contributed by atoms with Crippen LogP contribution in [0.3, 0.4) is 0 Å². The topological polar surface area (TPSA) is 91.6 Å². The molecule has 0 aliphatic carbocycles. The minimum atomic E-state index is -4.25. The Morgan fingerprint density at radius 3 is 2.41 bits per heavy atom. The number of rotatable bonds is 3. The van der Waals surface area contributed by atoms with Gasteiger partial charge in [-0.05, 0) is 36.4 Å². The molecule has 0 radical (unpaired) electrons. The molecule has 0 atom stereocenters. The van der Waals surface area contributed by atoms with E-state index >= 15 is 0 Å². The van der Waals surface area contributed by atoms with Gasteiger partial charge in [-0.1, -0.05) is 6.07 Å². The Morgan fingerprint density at radius 1 is 1.03 bits per heavy atom. The van der Waals surface area contributed by atoms with Crippen LogP contribution >= 0.6 is 0 Å². The first-order valence-electron chi connectivity index (χ1n) is 8.73. The monoisotopic (exact) mass is 423 g/mol. The molecule has 1 fully saturated rings. The molecule has 1 aromatic heterocycles. The van der Waals surface area contributed by atoms with Crippen molar-refractivity contribution in [2.24, 2.45) is 0 Å². The maximum absolute atomic E-state index is 14.1. The molecule has 1 aliphatic heterocycles. The number of fused-ring (bicyclic) bond motifs is 1. The van der Waals surface area contributed by atoms with Gasteiger partial charge in [0.2, 0.25) is 0 Å². The maximum atomic E-state index is 14.1. The third kappa shape index (κ3) is 4.22. The molecule has 7 nitrogen and oxygen atoms in total. The van der Waals surface area contributed by atoms with Crippen LogP contribution in [0.25, 0.3) is 10.9 Å². The van der Waals surface area contributed by atoms with Crippen LogP contribution < -0.4 is 10.2 Å². The number of benzene rings is 2. The van der Waals surface area contributed by atoms with E-state index in [9.17, 15) is 17.2 Å². The first-order chi connectivity index (χ1) is 13.9. The summed E-state index contributed by atoms with van der Waals surface area (Å²) < 4.78 is 54.4. The normalized spacial score (nSPS) is 14.3. The lowest BCUT2D eigenvalue weighted by Crippen LogP contribution is -2.43. The van der Waals surface area contributed by atoms with E-state index in [4.69, 9.17) is 9.90 Å². The number of hydrogen-bond acceptors (Lipinski definition) is 5. The van der Waals surface area contributed by atoms with E-state index in [0.717, 1.165) is 48.0 Å². The summed E-state index contributed by atoms with van der Waals surface area (Å²) in [6.07, 6.45) is 1.37. The molecule has 2 N–H and O–H groups in total. The van der Waals surface area contributed by atoms with Gasteiger partial charge >= 0.3 is 0 Å². The summed E-state index contributed by atoms with van der Waals surface area (Å²) in [4.78, 5) is 9.84. The number of nitrogens with one attached hydrogen (secondary N) is 1. The van der Waals surface area contributed by atoms with Gasteiger partial charge in [-0.2, -0.15) is 0 Å². The molecule has 0 saturated carbocycles. The van der Waals surface area contributed by atoms with Crippen LogP contribution in [-0.4, -0.2) is 50.1 Å². The van der Waals surface area contributed by atoms with Crippen molar-refractivity contribution in [2.75, 3.05) is 31.1 Å². The number of carboxylic acid groups (broad SMARTS) is 1. The molecule has 2 heterocycles. The number of piperazine rings is 1. The summed E-state index contributed by atoms with van der Waals surface area (Å²) >= 11 is 0. The summed E-state index contributed by atoms with van der Waals surface area (Å²) in [5.41, 5.74) is 1.33. The molecular formula is C19H19F2N3O4S. The van der Waals surface area contributed by atoms with Crippen LogP contribution in [-0.2, 0) is 14.8 Å². The van der Waals surface area contributed by atoms with Gasteiger partial charge in [0.15, 0.2) is 0 Å². The van der Waals surface area contributed by atoms with E-state index in [-0.39, 0.29) is 6.47 Å². The van der Waals surface area contributed by atoms with Gasteiger partial charge in [0, 0.05) is 43.4 Å². The molecule has 154 valence electrons. The smallest absolute Gasteiger partial charge is 0.290 e. The summed E-state index contributed by atoms with van der Waals surface area (Å²) in [6, 6.07) is 9.61. The van der Waals surface area contributed by atoms with Crippen molar-refractivity contribution in [1.29, 1.82) is 0 Å². The Kier molecular flexibility index (Phi) is 6.14. The fourth-order valence-corrected chi connectivity index (χ4v) is 4.63. The summed E-state index contributed by atoms with van der Waals surface area (Å²) in [6.45, 7) is 3.09. The molecule has 29 heavy (non-hydrogen) atoms. The SMILES string of the molecule is O=CO.O=S(=O)(c1cc(F)ccc1F)n1ccc2ccc(N3CCNCC3)cc21. The molecule has 10 heteroatoms. The molecule has 0 spiro atoms. The highest BCUT2D eigenvalue weighted by molar-refractivity contribution is 7.90. The number of carbonyl (C=O) groups is 1. The van der Waals surface area contributed by atoms with Gasteiger partial charge in [0.25, 0.3) is 16.5 Å². The molecule has 0 unspecified atom stereocenters. The van der Waals surface area contributed by atoms with Crippen LogP contribution in [0.2, 0.25) is 0 Å². The third-order valence-corrected chi connectivity index (χ3v) is 6.26. The van der Waals surface area contributed by atoms with E-state index in [1.54, 1.807) is 12.1 Å². The van der Waals surface area contributed by atoms with E-state index in [2.05, 4.69) is 10.2 Å². The van der Waals surface area contributed by atoms with Crippen molar-refractivity contribution in [1.82, 2.24) is 9.29 Å². The Bertz CT molecular complexity index is 1130. The third-order valence-electron chi connectivity index (χ3n) is 4.55. The van der Waals surface area contributed by atoms with Crippen LogP contribution in [0.1, 0.15) is 0 Å². The average Bonchev–Trinajstić information content (AvgIpc) is 3.15. The Balaban J connectivity index is 0.000000755. The lowest BCUT2D eigenvalue weighted by molar-refractivity contribution is -0.122. The van der Waals surface area contributed by atoms with Crippen LogP contribution in [0.5, 0.6) is 0 Å². The zero-order chi connectivity index (χ0) is 21.0. The zero-order valence-electron chi connectivity index (χ0n) is 15.3. The minimum Gasteiger partial charge on any atom is -0.483 e. The maximum Gasteiger partial charge on any atom is 0.290 e. The van der Waals surface area contributed by atoms with Crippen molar-refractivity contribution in [3.05, 3.63) is 60.3 Å². The standard InChI is InChI=1S/C18H17F2N3O2S.CH2O2/c19-14-2-4-16(20)18(11-14)26(24,25)23-8-5-13-1-3-15(12-17(13)23)22-9-6-21-7-10-22;2-1-3/h1-5,8,11-12,21H,6-7,9-10H2;1H,(H,2,3). The van der Waals surface area contributed by atoms with Crippen molar-refractivity contribution in [3.63, 3.8) is 0 Å². The summed E-state index contributed by atoms with van der Waals surface area (Å²) in [7, 11) is -4.25. The van der Waals surface area contributed by atoms with Crippen molar-refractivity contribution >= 4 is 33.1 Å². The molecule has 0 bridgehead atoms. The molecule has 4 rings (SSSR count). The number of hydrogen-bond donors (Lipinski definition) is 2. The number of anilines is 1. The Morgan fingerprint density at radius 2 is 1.72 bits per heavy atom. The summed E-state index contributed by atoms with van der Waals surface area (Å²) in [5, 5.41) is 10.9. The number of nitrogens with zero attached hydrogens (tertiary/aromatic N) is 2. The second-order valence-corrected chi connectivity index (χ2v) is 8.06. The van der Waals surface area contributed by atoms with Gasteiger partial charge in [-0.15, -0.1) is 0 Å². The molecule has 2 aromatic carbocycles. The highest BCUT2D eigenvalue weighted by Crippen LogP contribution is 2.28. The predicted molar refractivity (Wildman–Crippen MR) is 105 cm³/mol. The van der Waals surface area contributed by atoms with Gasteiger partial charge in [-0.25, -0.2) is 21.2 Å². The van der Waals surface area contributed by atoms with Gasteiger partial charge in [0.1, 0.15) is 16.5 Å². The highest BCUT2D eigenvalue weighted by Gasteiger charge is 2.24. The lowest BCUT2D eigenvalue weighted by atomic mass is 10.2. The highest BCUT2D eigenvalue weighted by atomic mass is 32.2. The van der Waals surface area contributed by atoms with Crippen molar-refractivity contribution in [3.8, 4) is 0 Å². The fourth-order valence-electron chi connectivity index (χ4n) is 3.20. The molecule has 0 amide bonds. The second kappa shape index (κ2) is 8.58. The quantitative estimate of drug-likeness (QED) is 0.628. The minimum absolute atomic E-state index is 0.250. The van der Waals surface area contributed by atoms with E-state index in [0.29, 0.717) is 17.0 Å². The van der Waals surface area contributed by atoms with Gasteiger partial charge < -0.3 is 15.3 Å². The Hall–Kier alpha value is -2.98. The van der Waals surface area contributed by atoms with Gasteiger partial charge in [0.05, 0.1) is 5.52 Å². The molecule has 3 aromatic rings. The van der Waals surface area contributed by atoms with Crippen LogP contribution in [0.15, 0.2) is 53.6 Å². The largest absolute Gasteiger partial charge is 0.483 e. The first kappa shape index (κ1) is 20.7. The fraction of sp³-hybridized carbons (Fsp3) is 0.211. The second-order valence-electron chi connectivity index (χ2n) is 6.28. The van der Waals surface area contributed by atoms with E-state index in [1.165, 1.54) is 6.20 Å². The van der Waals surface area contributed by atoms with Crippen molar-refractivity contribution in [2.45, 2.75) is 4.90 Å². The van der Waals surface area contributed by atoms with Crippen LogP contribution in [0, 0.1) is 11.6 Å². The zero-order valence-corrected chi connectivity index (χ0v) is 16.1. The molecule has 1 aliphatic rings. The predicted octanol–water partition coefficient (Wildman–Crippen LogP) is 2.27. The summed E-state index contributed by atoms with van der Waals surface area (Å²) in [5.74, 6) is -1.78.